The first-order valence-corrected chi connectivity index (χ1v) is 12.1. The van der Waals surface area contributed by atoms with E-state index in [1.165, 1.54) is 19.1 Å². The average molecular weight is 470 g/mol. The topological polar surface area (TPSA) is 83.9 Å². The van der Waals surface area contributed by atoms with Crippen LogP contribution in [0.2, 0.25) is 5.02 Å². The van der Waals surface area contributed by atoms with Gasteiger partial charge < -0.3 is 9.84 Å². The number of Topliss-reactive ketones (excluding diaryl/α,β-unsaturated/α-hetero) is 1. The lowest BCUT2D eigenvalue weighted by Gasteiger charge is -2.30. The maximum Gasteiger partial charge on any atom is 0.159 e. The molecule has 0 radical (unpaired) electrons. The zero-order valence-corrected chi connectivity index (χ0v) is 18.7. The molecule has 2 aromatic carbocycles. The molecule has 2 atom stereocenters. The van der Waals surface area contributed by atoms with Crippen molar-refractivity contribution in [3.05, 3.63) is 64.4 Å². The van der Waals surface area contributed by atoms with Crippen molar-refractivity contribution in [1.82, 2.24) is 4.90 Å². The van der Waals surface area contributed by atoms with Crippen LogP contribution in [0.1, 0.15) is 29.3 Å². The number of ketones is 1. The number of halogens is 2. The molecular weight excluding hydrogens is 445 g/mol. The first-order chi connectivity index (χ1) is 14.6. The highest BCUT2D eigenvalue weighted by Crippen LogP contribution is 2.25. The molecular formula is C22H25ClFNO5S. The van der Waals surface area contributed by atoms with E-state index < -0.39 is 21.8 Å². The Morgan fingerprint density at radius 3 is 2.58 bits per heavy atom. The predicted molar refractivity (Wildman–Crippen MR) is 117 cm³/mol. The molecule has 0 amide bonds. The van der Waals surface area contributed by atoms with E-state index in [-0.39, 0.29) is 53.6 Å². The monoisotopic (exact) mass is 469 g/mol. The van der Waals surface area contributed by atoms with Crippen LogP contribution in [0.5, 0.6) is 5.75 Å². The van der Waals surface area contributed by atoms with Gasteiger partial charge >= 0.3 is 0 Å². The van der Waals surface area contributed by atoms with Gasteiger partial charge in [0.15, 0.2) is 15.6 Å². The normalized spacial score (nSPS) is 18.8. The molecule has 3 rings (SSSR count). The Bertz CT molecular complexity index is 1010. The lowest BCUT2D eigenvalue weighted by atomic mass is 10.1. The Balaban J connectivity index is 1.68. The standard InChI is InChI=1S/C22H25ClFNO5S/c1-15(26)16-5-7-19(8-6-16)30-13-18(27)11-25(17-9-10-31(28,29)14-17)12-20-21(23)3-2-4-22(20)24/h2-8,17-18,27H,9-14H2,1H3. The number of benzene rings is 2. The molecule has 9 heteroatoms. The molecule has 0 aliphatic carbocycles. The van der Waals surface area contributed by atoms with Crippen molar-refractivity contribution in [2.75, 3.05) is 24.7 Å². The van der Waals surface area contributed by atoms with E-state index in [0.29, 0.717) is 17.7 Å². The quantitative estimate of drug-likeness (QED) is 0.568. The average Bonchev–Trinajstić information content (AvgIpc) is 3.08. The molecule has 0 bridgehead atoms. The summed E-state index contributed by atoms with van der Waals surface area (Å²) in [7, 11) is -3.16. The molecule has 0 spiro atoms. The van der Waals surface area contributed by atoms with Crippen LogP contribution in [0.25, 0.3) is 0 Å². The Morgan fingerprint density at radius 2 is 2.00 bits per heavy atom. The van der Waals surface area contributed by atoms with Gasteiger partial charge in [0.25, 0.3) is 0 Å². The molecule has 1 aliphatic rings. The highest BCUT2D eigenvalue weighted by Gasteiger charge is 2.33. The fourth-order valence-electron chi connectivity index (χ4n) is 3.59. The number of carbonyl (C=O) groups excluding carboxylic acids is 1. The summed E-state index contributed by atoms with van der Waals surface area (Å²) in [6.45, 7) is 1.60. The molecule has 0 aromatic heterocycles. The molecule has 1 heterocycles. The Labute approximate surface area is 186 Å². The minimum Gasteiger partial charge on any atom is -0.491 e. The van der Waals surface area contributed by atoms with E-state index in [1.54, 1.807) is 35.2 Å². The summed E-state index contributed by atoms with van der Waals surface area (Å²) in [6.07, 6.45) is -0.532. The lowest BCUT2D eigenvalue weighted by Crippen LogP contribution is -2.42. The molecule has 1 N–H and O–H groups in total. The van der Waals surface area contributed by atoms with Crippen molar-refractivity contribution >= 4 is 27.2 Å². The Hall–Kier alpha value is -2.00. The van der Waals surface area contributed by atoms with Crippen molar-refractivity contribution < 1.29 is 27.4 Å². The molecule has 1 aliphatic heterocycles. The number of hydrogen-bond acceptors (Lipinski definition) is 6. The summed E-state index contributed by atoms with van der Waals surface area (Å²) in [5.41, 5.74) is 0.824. The maximum atomic E-state index is 14.3. The summed E-state index contributed by atoms with van der Waals surface area (Å²) >= 11 is 6.15. The summed E-state index contributed by atoms with van der Waals surface area (Å²) in [4.78, 5) is 13.1. The minimum atomic E-state index is -3.16. The van der Waals surface area contributed by atoms with Gasteiger partial charge in [-0.3, -0.25) is 9.69 Å². The summed E-state index contributed by atoms with van der Waals surface area (Å²) in [5, 5.41) is 10.8. The third kappa shape index (κ3) is 6.49. The largest absolute Gasteiger partial charge is 0.491 e. The highest BCUT2D eigenvalue weighted by molar-refractivity contribution is 7.91. The lowest BCUT2D eigenvalue weighted by molar-refractivity contribution is 0.0520. The first kappa shape index (κ1) is 23.7. The number of ether oxygens (including phenoxy) is 1. The van der Waals surface area contributed by atoms with Gasteiger partial charge in [-0.2, -0.15) is 0 Å². The second kappa shape index (κ2) is 10.1. The van der Waals surface area contributed by atoms with Crippen molar-refractivity contribution in [3.63, 3.8) is 0 Å². The smallest absolute Gasteiger partial charge is 0.159 e. The van der Waals surface area contributed by atoms with Gasteiger partial charge in [-0.1, -0.05) is 17.7 Å². The van der Waals surface area contributed by atoms with Gasteiger partial charge in [0, 0.05) is 35.3 Å². The van der Waals surface area contributed by atoms with Gasteiger partial charge in [-0.25, -0.2) is 12.8 Å². The molecule has 31 heavy (non-hydrogen) atoms. The van der Waals surface area contributed by atoms with Gasteiger partial charge in [-0.15, -0.1) is 0 Å². The van der Waals surface area contributed by atoms with E-state index in [0.717, 1.165) is 0 Å². The number of rotatable bonds is 9. The van der Waals surface area contributed by atoms with Gasteiger partial charge in [0.05, 0.1) is 11.5 Å². The SMILES string of the molecule is CC(=O)c1ccc(OCC(O)CN(Cc2c(F)cccc2Cl)C2CCS(=O)(=O)C2)cc1. The predicted octanol–water partition coefficient (Wildman–Crippen LogP) is 3.11. The Morgan fingerprint density at radius 1 is 1.29 bits per heavy atom. The zero-order valence-electron chi connectivity index (χ0n) is 17.1. The van der Waals surface area contributed by atoms with Gasteiger partial charge in [0.2, 0.25) is 0 Å². The van der Waals surface area contributed by atoms with Gasteiger partial charge in [0.1, 0.15) is 24.3 Å². The van der Waals surface area contributed by atoms with E-state index >= 15 is 0 Å². The molecule has 0 saturated carbocycles. The van der Waals surface area contributed by atoms with Crippen LogP contribution >= 0.6 is 11.6 Å². The van der Waals surface area contributed by atoms with Crippen LogP contribution in [0.4, 0.5) is 4.39 Å². The fourth-order valence-corrected chi connectivity index (χ4v) is 5.58. The second-order valence-corrected chi connectivity index (χ2v) is 10.4. The van der Waals surface area contributed by atoms with Crippen molar-refractivity contribution in [2.24, 2.45) is 0 Å². The third-order valence-electron chi connectivity index (χ3n) is 5.30. The maximum absolute atomic E-state index is 14.3. The van der Waals surface area contributed by atoms with Crippen molar-refractivity contribution in [1.29, 1.82) is 0 Å². The summed E-state index contributed by atoms with van der Waals surface area (Å²) in [5.74, 6) is -0.0145. The van der Waals surface area contributed by atoms with Crippen LogP contribution in [0.15, 0.2) is 42.5 Å². The van der Waals surface area contributed by atoms with Gasteiger partial charge in [-0.05, 0) is 49.7 Å². The van der Waals surface area contributed by atoms with Crippen LogP contribution in [0.3, 0.4) is 0 Å². The Kier molecular flexibility index (Phi) is 7.69. The summed E-state index contributed by atoms with van der Waals surface area (Å²) in [6, 6.07) is 10.6. The number of carbonyl (C=O) groups is 1. The van der Waals surface area contributed by atoms with Crippen LogP contribution < -0.4 is 4.74 Å². The van der Waals surface area contributed by atoms with E-state index in [9.17, 15) is 22.7 Å². The summed E-state index contributed by atoms with van der Waals surface area (Å²) < 4.78 is 43.8. The molecule has 2 aromatic rings. The molecule has 1 saturated heterocycles. The van der Waals surface area contributed by atoms with E-state index in [4.69, 9.17) is 16.3 Å². The van der Waals surface area contributed by atoms with E-state index in [1.807, 2.05) is 0 Å². The molecule has 2 unspecified atom stereocenters. The fraction of sp³-hybridized carbons (Fsp3) is 0.409. The minimum absolute atomic E-state index is 0.0413. The number of aliphatic hydroxyl groups excluding tert-OH is 1. The number of hydrogen-bond donors (Lipinski definition) is 1. The molecule has 1 fully saturated rings. The zero-order chi connectivity index (χ0) is 22.6. The number of sulfone groups is 1. The van der Waals surface area contributed by atoms with Crippen molar-refractivity contribution in [3.8, 4) is 5.75 Å². The van der Waals surface area contributed by atoms with E-state index in [2.05, 4.69) is 0 Å². The second-order valence-electron chi connectivity index (χ2n) is 7.73. The van der Waals surface area contributed by atoms with Crippen molar-refractivity contribution in [2.45, 2.75) is 32.0 Å². The third-order valence-corrected chi connectivity index (χ3v) is 7.40. The van der Waals surface area contributed by atoms with Crippen LogP contribution in [-0.2, 0) is 16.4 Å². The number of aliphatic hydroxyl groups is 1. The molecule has 168 valence electrons. The van der Waals surface area contributed by atoms with Crippen LogP contribution in [0, 0.1) is 5.82 Å². The highest BCUT2D eigenvalue weighted by atomic mass is 35.5. The number of nitrogens with zero attached hydrogens (tertiary/aromatic N) is 1. The molecule has 6 nitrogen and oxygen atoms in total. The van der Waals surface area contributed by atoms with Crippen LogP contribution in [-0.4, -0.2) is 61.0 Å². The first-order valence-electron chi connectivity index (χ1n) is 9.94.